The normalized spacial score (nSPS) is 11.6. The Balaban J connectivity index is 2.35. The van der Waals surface area contributed by atoms with E-state index in [-0.39, 0.29) is 0 Å². The average Bonchev–Trinajstić information content (AvgIpc) is 2.71. The molecule has 1 heterocycles. The molecule has 1 rings (SSSR count). The van der Waals surface area contributed by atoms with Crippen molar-refractivity contribution >= 4 is 13.5 Å². The molecule has 0 amide bonds. The van der Waals surface area contributed by atoms with Crippen LogP contribution in [0.3, 0.4) is 0 Å². The van der Waals surface area contributed by atoms with E-state index < -0.39 is 7.60 Å². The number of aromatic amines is 1. The van der Waals surface area contributed by atoms with Gasteiger partial charge in [0.25, 0.3) is 0 Å². The van der Waals surface area contributed by atoms with Crippen molar-refractivity contribution in [2.75, 3.05) is 31.2 Å². The Kier molecular flexibility index (Phi) is 5.45. The number of hydrogen-bond acceptors (Lipinski definition) is 6. The third-order valence-corrected chi connectivity index (χ3v) is 3.82. The lowest BCUT2D eigenvalue weighted by atomic mass is 10.7. The molecule has 0 aliphatic carbocycles. The molecule has 0 saturated heterocycles. The van der Waals surface area contributed by atoms with Gasteiger partial charge in [0.1, 0.15) is 6.33 Å². The summed E-state index contributed by atoms with van der Waals surface area (Å²) < 4.78 is 22.3. The first-order valence-electron chi connectivity index (χ1n) is 5.17. The number of nitrogens with zero attached hydrogens (tertiary/aromatic N) is 2. The minimum absolute atomic E-state index is 0.301. The van der Waals surface area contributed by atoms with Crippen LogP contribution in [0, 0.1) is 0 Å². The van der Waals surface area contributed by atoms with Crippen LogP contribution in [-0.4, -0.2) is 41.1 Å². The summed E-state index contributed by atoms with van der Waals surface area (Å²) in [5, 5.41) is 9.26. The van der Waals surface area contributed by atoms with Gasteiger partial charge < -0.3 is 14.4 Å². The molecule has 0 spiro atoms. The molecule has 0 aromatic carbocycles. The van der Waals surface area contributed by atoms with E-state index >= 15 is 0 Å². The molecule has 0 radical (unpaired) electrons. The van der Waals surface area contributed by atoms with Crippen LogP contribution in [0.1, 0.15) is 13.8 Å². The Labute approximate surface area is 94.5 Å². The Morgan fingerprint density at radius 1 is 1.44 bits per heavy atom. The molecular weight excluding hydrogens is 231 g/mol. The zero-order valence-electron chi connectivity index (χ0n) is 9.47. The fourth-order valence-corrected chi connectivity index (χ4v) is 2.67. The molecule has 16 heavy (non-hydrogen) atoms. The fourth-order valence-electron chi connectivity index (χ4n) is 1.16. The van der Waals surface area contributed by atoms with E-state index in [1.807, 2.05) is 0 Å². The van der Waals surface area contributed by atoms with Crippen LogP contribution in [-0.2, 0) is 13.6 Å². The van der Waals surface area contributed by atoms with Crippen molar-refractivity contribution in [3.05, 3.63) is 6.33 Å². The summed E-state index contributed by atoms with van der Waals surface area (Å²) in [6, 6.07) is 0. The Bertz CT molecular complexity index is 320. The van der Waals surface area contributed by atoms with Crippen molar-refractivity contribution in [1.29, 1.82) is 0 Å². The molecule has 0 fully saturated rings. The summed E-state index contributed by atoms with van der Waals surface area (Å²) in [5.74, 6) is 0.541. The first-order chi connectivity index (χ1) is 7.70. The highest BCUT2D eigenvalue weighted by Gasteiger charge is 2.22. The molecule has 0 aliphatic heterocycles. The van der Waals surface area contributed by atoms with Crippen molar-refractivity contribution in [1.82, 2.24) is 15.2 Å². The van der Waals surface area contributed by atoms with E-state index in [0.717, 1.165) is 0 Å². The van der Waals surface area contributed by atoms with Crippen LogP contribution in [0.15, 0.2) is 6.33 Å². The number of anilines is 1. The first kappa shape index (κ1) is 13.2. The van der Waals surface area contributed by atoms with Crippen molar-refractivity contribution in [3.8, 4) is 0 Å². The Hall–Kier alpha value is -0.910. The van der Waals surface area contributed by atoms with Crippen LogP contribution in [0.2, 0.25) is 0 Å². The number of aromatic nitrogens is 3. The summed E-state index contributed by atoms with van der Waals surface area (Å²) in [6.07, 6.45) is 1.70. The highest BCUT2D eigenvalue weighted by Crippen LogP contribution is 2.47. The van der Waals surface area contributed by atoms with Crippen molar-refractivity contribution in [3.63, 3.8) is 0 Å². The van der Waals surface area contributed by atoms with Gasteiger partial charge in [-0.1, -0.05) is 0 Å². The maximum atomic E-state index is 12.0. The van der Waals surface area contributed by atoms with Crippen LogP contribution in [0.4, 0.5) is 5.95 Å². The van der Waals surface area contributed by atoms with Gasteiger partial charge in [0, 0.05) is 6.54 Å². The summed E-state index contributed by atoms with van der Waals surface area (Å²) in [7, 11) is -2.96. The average molecular weight is 248 g/mol. The number of nitrogens with one attached hydrogen (secondary N) is 2. The first-order valence-corrected chi connectivity index (χ1v) is 6.90. The second-order valence-corrected chi connectivity index (χ2v) is 5.12. The highest BCUT2D eigenvalue weighted by atomic mass is 31.2. The van der Waals surface area contributed by atoms with Gasteiger partial charge in [-0.05, 0) is 13.8 Å². The zero-order chi connectivity index (χ0) is 11.9. The van der Waals surface area contributed by atoms with Crippen LogP contribution >= 0.6 is 7.60 Å². The lowest BCUT2D eigenvalue weighted by Gasteiger charge is -2.16. The summed E-state index contributed by atoms with van der Waals surface area (Å²) in [4.78, 5) is 3.88. The minimum Gasteiger partial charge on any atom is -0.354 e. The predicted octanol–water partition coefficient (Wildman–Crippen LogP) is 1.48. The highest BCUT2D eigenvalue weighted by molar-refractivity contribution is 7.53. The maximum absolute atomic E-state index is 12.0. The van der Waals surface area contributed by atoms with E-state index in [2.05, 4.69) is 20.5 Å². The fraction of sp³-hybridized carbons (Fsp3) is 0.750. The molecule has 2 N–H and O–H groups in total. The van der Waals surface area contributed by atoms with Crippen LogP contribution < -0.4 is 5.32 Å². The standard InChI is InChI=1S/C8H17N4O3P/c1-3-14-16(13,15-4-2)6-5-9-8-10-7-11-12-8/h7H,3-6H2,1-2H3,(H2,9,10,11,12). The van der Waals surface area contributed by atoms with Gasteiger partial charge >= 0.3 is 7.60 Å². The maximum Gasteiger partial charge on any atom is 0.332 e. The monoisotopic (exact) mass is 248 g/mol. The SMILES string of the molecule is CCOP(=O)(CCNc1ncn[nH]1)OCC. The zero-order valence-corrected chi connectivity index (χ0v) is 10.4. The Morgan fingerprint density at radius 2 is 2.12 bits per heavy atom. The third-order valence-electron chi connectivity index (χ3n) is 1.74. The van der Waals surface area contributed by atoms with Crippen LogP contribution in [0.25, 0.3) is 0 Å². The van der Waals surface area contributed by atoms with Crippen LogP contribution in [0.5, 0.6) is 0 Å². The second-order valence-electron chi connectivity index (χ2n) is 2.93. The van der Waals surface area contributed by atoms with E-state index in [1.54, 1.807) is 13.8 Å². The van der Waals surface area contributed by atoms with Gasteiger partial charge in [0.05, 0.1) is 19.4 Å². The molecule has 92 valence electrons. The lowest BCUT2D eigenvalue weighted by Crippen LogP contribution is -2.11. The van der Waals surface area contributed by atoms with Gasteiger partial charge in [-0.3, -0.25) is 4.57 Å². The molecule has 7 nitrogen and oxygen atoms in total. The topological polar surface area (TPSA) is 89.1 Å². The van der Waals surface area contributed by atoms with Gasteiger partial charge in [-0.2, -0.15) is 5.10 Å². The van der Waals surface area contributed by atoms with E-state index in [9.17, 15) is 4.57 Å². The lowest BCUT2D eigenvalue weighted by molar-refractivity contribution is 0.221. The molecule has 0 atom stereocenters. The number of H-pyrrole nitrogens is 1. The van der Waals surface area contributed by atoms with Crippen molar-refractivity contribution in [2.24, 2.45) is 0 Å². The molecular formula is C8H17N4O3P. The summed E-state index contributed by atoms with van der Waals surface area (Å²) >= 11 is 0. The molecule has 0 unspecified atom stereocenters. The van der Waals surface area contributed by atoms with Gasteiger partial charge in [0.2, 0.25) is 5.95 Å². The second kappa shape index (κ2) is 6.62. The van der Waals surface area contributed by atoms with Crippen molar-refractivity contribution in [2.45, 2.75) is 13.8 Å². The van der Waals surface area contributed by atoms with E-state index in [0.29, 0.717) is 31.9 Å². The molecule has 0 bridgehead atoms. The Morgan fingerprint density at radius 3 is 2.62 bits per heavy atom. The van der Waals surface area contributed by atoms with Gasteiger partial charge in [-0.25, -0.2) is 10.1 Å². The third kappa shape index (κ3) is 4.30. The predicted molar refractivity (Wildman–Crippen MR) is 60.6 cm³/mol. The number of hydrogen-bond donors (Lipinski definition) is 2. The van der Waals surface area contributed by atoms with E-state index in [1.165, 1.54) is 6.33 Å². The van der Waals surface area contributed by atoms with E-state index in [4.69, 9.17) is 9.05 Å². The quantitative estimate of drug-likeness (QED) is 0.677. The van der Waals surface area contributed by atoms with Crippen molar-refractivity contribution < 1.29 is 13.6 Å². The minimum atomic E-state index is -2.96. The number of rotatable bonds is 8. The molecule has 0 aliphatic rings. The molecule has 1 aromatic heterocycles. The largest absolute Gasteiger partial charge is 0.354 e. The molecule has 0 saturated carbocycles. The molecule has 8 heteroatoms. The smallest absolute Gasteiger partial charge is 0.332 e. The summed E-state index contributed by atoms with van der Waals surface area (Å²) in [6.45, 7) is 4.77. The van der Waals surface area contributed by atoms with Gasteiger partial charge in [-0.15, -0.1) is 0 Å². The molecule has 1 aromatic rings. The summed E-state index contributed by atoms with van der Waals surface area (Å²) in [5.41, 5.74) is 0. The van der Waals surface area contributed by atoms with Gasteiger partial charge in [0.15, 0.2) is 0 Å².